The van der Waals surface area contributed by atoms with Gasteiger partial charge >= 0.3 is 0 Å². The Hall–Kier alpha value is -3.74. The van der Waals surface area contributed by atoms with Crippen LogP contribution in [0.3, 0.4) is 0 Å². The van der Waals surface area contributed by atoms with Gasteiger partial charge in [0.1, 0.15) is 17.9 Å². The number of carbonyl (C=O) groups excluding carboxylic acids is 3. The first-order valence-electron chi connectivity index (χ1n) is 9.24. The van der Waals surface area contributed by atoms with Crippen molar-refractivity contribution < 1.29 is 14.4 Å². The molecule has 1 aromatic heterocycles. The lowest BCUT2D eigenvalue weighted by molar-refractivity contribution is -0.121. The molecule has 0 radical (unpaired) electrons. The van der Waals surface area contributed by atoms with Crippen molar-refractivity contribution in [2.75, 3.05) is 10.6 Å². The fourth-order valence-corrected chi connectivity index (χ4v) is 3.59. The van der Waals surface area contributed by atoms with Gasteiger partial charge in [0, 0.05) is 18.4 Å². The Morgan fingerprint density at radius 1 is 1.21 bits per heavy atom. The van der Waals surface area contributed by atoms with E-state index >= 15 is 0 Å². The van der Waals surface area contributed by atoms with Gasteiger partial charge in [0.15, 0.2) is 0 Å². The standard InChI is InChI=1S/C22H20N4O3/c1-13-8-20(26(2)25-13)22(29)23-16-5-3-4-14(10-16)9-15-6-7-17-18(12-27)21(28)24-19(17)11-15/h3-8,10-12,18H,9H2,1-2H3,(H,23,29)(H,24,28). The first kappa shape index (κ1) is 18.6. The predicted octanol–water partition coefficient (Wildman–Crippen LogP) is 2.81. The van der Waals surface area contributed by atoms with Crippen LogP contribution < -0.4 is 10.6 Å². The van der Waals surface area contributed by atoms with Gasteiger partial charge in [-0.2, -0.15) is 5.10 Å². The van der Waals surface area contributed by atoms with Crippen molar-refractivity contribution in [3.05, 3.63) is 76.6 Å². The van der Waals surface area contributed by atoms with Gasteiger partial charge < -0.3 is 15.4 Å². The minimum atomic E-state index is -0.728. The van der Waals surface area contributed by atoms with E-state index in [0.29, 0.717) is 35.3 Å². The molecule has 146 valence electrons. The summed E-state index contributed by atoms with van der Waals surface area (Å²) in [4.78, 5) is 35.4. The van der Waals surface area contributed by atoms with Gasteiger partial charge in [-0.15, -0.1) is 0 Å². The molecule has 0 saturated heterocycles. The molecule has 2 heterocycles. The van der Waals surface area contributed by atoms with Crippen molar-refractivity contribution in [1.29, 1.82) is 0 Å². The Morgan fingerprint density at radius 3 is 2.72 bits per heavy atom. The van der Waals surface area contributed by atoms with E-state index in [1.807, 2.05) is 49.4 Å². The highest BCUT2D eigenvalue weighted by Crippen LogP contribution is 2.32. The molecule has 4 rings (SSSR count). The largest absolute Gasteiger partial charge is 0.325 e. The van der Waals surface area contributed by atoms with Crippen LogP contribution >= 0.6 is 0 Å². The van der Waals surface area contributed by atoms with Crippen LogP contribution in [0.25, 0.3) is 0 Å². The third-order valence-corrected chi connectivity index (χ3v) is 4.96. The van der Waals surface area contributed by atoms with Gasteiger partial charge in [0.05, 0.1) is 5.69 Å². The van der Waals surface area contributed by atoms with E-state index in [1.54, 1.807) is 17.8 Å². The molecule has 7 heteroatoms. The third kappa shape index (κ3) is 3.67. The molecular weight excluding hydrogens is 368 g/mol. The van der Waals surface area contributed by atoms with E-state index < -0.39 is 5.92 Å². The summed E-state index contributed by atoms with van der Waals surface area (Å²) in [5.41, 5.74) is 5.38. The summed E-state index contributed by atoms with van der Waals surface area (Å²) in [6, 6.07) is 15.0. The Bertz CT molecular complexity index is 1130. The maximum Gasteiger partial charge on any atom is 0.273 e. The number of aryl methyl sites for hydroxylation is 2. The van der Waals surface area contributed by atoms with Gasteiger partial charge in [0.2, 0.25) is 5.91 Å². The molecule has 2 N–H and O–H groups in total. The Kier molecular flexibility index (Phi) is 4.72. The second kappa shape index (κ2) is 7.35. The maximum absolute atomic E-state index is 12.5. The van der Waals surface area contributed by atoms with E-state index in [4.69, 9.17) is 0 Å². The molecule has 1 atom stereocenters. The molecule has 0 spiro atoms. The number of hydrogen-bond acceptors (Lipinski definition) is 4. The van der Waals surface area contributed by atoms with Crippen molar-refractivity contribution in [3.8, 4) is 0 Å². The normalized spacial score (nSPS) is 15.0. The van der Waals surface area contributed by atoms with Crippen LogP contribution in [0.4, 0.5) is 11.4 Å². The molecule has 2 amide bonds. The summed E-state index contributed by atoms with van der Waals surface area (Å²) in [6.07, 6.45) is 1.29. The molecule has 7 nitrogen and oxygen atoms in total. The third-order valence-electron chi connectivity index (χ3n) is 4.96. The molecular formula is C22H20N4O3. The summed E-state index contributed by atoms with van der Waals surface area (Å²) in [5, 5.41) is 9.85. The number of hydrogen-bond donors (Lipinski definition) is 2. The van der Waals surface area contributed by atoms with Crippen LogP contribution in [-0.2, 0) is 23.1 Å². The number of anilines is 2. The average molecular weight is 388 g/mol. The summed E-state index contributed by atoms with van der Waals surface area (Å²) >= 11 is 0. The number of amides is 2. The zero-order valence-corrected chi connectivity index (χ0v) is 16.1. The molecule has 0 saturated carbocycles. The monoisotopic (exact) mass is 388 g/mol. The minimum Gasteiger partial charge on any atom is -0.325 e. The van der Waals surface area contributed by atoms with Crippen molar-refractivity contribution in [1.82, 2.24) is 9.78 Å². The van der Waals surface area contributed by atoms with Crippen molar-refractivity contribution in [3.63, 3.8) is 0 Å². The highest BCUT2D eigenvalue weighted by atomic mass is 16.2. The van der Waals surface area contributed by atoms with Crippen molar-refractivity contribution >= 4 is 29.5 Å². The second-order valence-corrected chi connectivity index (χ2v) is 7.15. The van der Waals surface area contributed by atoms with E-state index in [0.717, 1.165) is 16.8 Å². The zero-order chi connectivity index (χ0) is 20.5. The average Bonchev–Trinajstić information content (AvgIpc) is 3.18. The fourth-order valence-electron chi connectivity index (χ4n) is 3.59. The molecule has 1 aliphatic heterocycles. The zero-order valence-electron chi connectivity index (χ0n) is 16.1. The quantitative estimate of drug-likeness (QED) is 0.519. The molecule has 2 aromatic carbocycles. The fraction of sp³-hybridized carbons (Fsp3) is 0.182. The van der Waals surface area contributed by atoms with Crippen LogP contribution in [0.15, 0.2) is 48.5 Å². The van der Waals surface area contributed by atoms with E-state index in [2.05, 4.69) is 15.7 Å². The number of benzene rings is 2. The number of aldehydes is 1. The summed E-state index contributed by atoms with van der Waals surface area (Å²) in [6.45, 7) is 1.84. The molecule has 3 aromatic rings. The second-order valence-electron chi connectivity index (χ2n) is 7.15. The van der Waals surface area contributed by atoms with Crippen LogP contribution in [-0.4, -0.2) is 27.9 Å². The van der Waals surface area contributed by atoms with Crippen LogP contribution in [0, 0.1) is 6.92 Å². The van der Waals surface area contributed by atoms with Gasteiger partial charge in [-0.1, -0.05) is 24.3 Å². The van der Waals surface area contributed by atoms with Crippen molar-refractivity contribution in [2.24, 2.45) is 7.05 Å². The minimum absolute atomic E-state index is 0.217. The SMILES string of the molecule is Cc1cc(C(=O)Nc2cccc(Cc3ccc4c(c3)NC(=O)C4C=O)c2)n(C)n1. The maximum atomic E-state index is 12.5. The smallest absolute Gasteiger partial charge is 0.273 e. The van der Waals surface area contributed by atoms with Gasteiger partial charge in [0.25, 0.3) is 5.91 Å². The summed E-state index contributed by atoms with van der Waals surface area (Å²) < 4.78 is 1.56. The lowest BCUT2D eigenvalue weighted by Gasteiger charge is -2.09. The van der Waals surface area contributed by atoms with E-state index in [9.17, 15) is 14.4 Å². The first-order valence-corrected chi connectivity index (χ1v) is 9.24. The first-order chi connectivity index (χ1) is 13.9. The summed E-state index contributed by atoms with van der Waals surface area (Å²) in [7, 11) is 1.74. The topological polar surface area (TPSA) is 93.1 Å². The predicted molar refractivity (Wildman–Crippen MR) is 109 cm³/mol. The number of aromatic nitrogens is 2. The molecule has 0 aliphatic carbocycles. The molecule has 29 heavy (non-hydrogen) atoms. The van der Waals surface area contributed by atoms with Crippen LogP contribution in [0.1, 0.15) is 38.8 Å². The van der Waals surface area contributed by atoms with Crippen LogP contribution in [0.2, 0.25) is 0 Å². The summed E-state index contributed by atoms with van der Waals surface area (Å²) in [5.74, 6) is -1.24. The van der Waals surface area contributed by atoms with E-state index in [1.165, 1.54) is 0 Å². The molecule has 1 aliphatic rings. The van der Waals surface area contributed by atoms with Gasteiger partial charge in [-0.25, -0.2) is 0 Å². The molecule has 0 bridgehead atoms. The van der Waals surface area contributed by atoms with Gasteiger partial charge in [-0.3, -0.25) is 14.3 Å². The Labute approximate surface area is 167 Å². The highest BCUT2D eigenvalue weighted by Gasteiger charge is 2.30. The lowest BCUT2D eigenvalue weighted by atomic mass is 9.98. The number of nitrogens with one attached hydrogen (secondary N) is 2. The number of nitrogens with zero attached hydrogens (tertiary/aromatic N) is 2. The number of rotatable bonds is 5. The van der Waals surface area contributed by atoms with E-state index in [-0.39, 0.29) is 11.8 Å². The van der Waals surface area contributed by atoms with Crippen molar-refractivity contribution in [2.45, 2.75) is 19.3 Å². The highest BCUT2D eigenvalue weighted by molar-refractivity contribution is 6.11. The van der Waals surface area contributed by atoms with Crippen LogP contribution in [0.5, 0.6) is 0 Å². The Balaban J connectivity index is 1.51. The van der Waals surface area contributed by atoms with Gasteiger partial charge in [-0.05, 0) is 54.3 Å². The number of fused-ring (bicyclic) bond motifs is 1. The molecule has 0 fully saturated rings. The Morgan fingerprint density at radius 2 is 2.00 bits per heavy atom. The number of carbonyl (C=O) groups is 3. The molecule has 1 unspecified atom stereocenters. The lowest BCUT2D eigenvalue weighted by Crippen LogP contribution is -2.16.